The van der Waals surface area contributed by atoms with E-state index in [0.717, 1.165) is 30.9 Å². The van der Waals surface area contributed by atoms with Crippen molar-refractivity contribution in [3.05, 3.63) is 67.9 Å². The number of rotatable bonds is 5. The molecule has 5 N–H and O–H groups in total. The van der Waals surface area contributed by atoms with Gasteiger partial charge in [0.15, 0.2) is 5.78 Å². The van der Waals surface area contributed by atoms with Crippen molar-refractivity contribution in [2.75, 3.05) is 7.11 Å². The van der Waals surface area contributed by atoms with Crippen molar-refractivity contribution < 1.29 is 34.1 Å². The first kappa shape index (κ1) is 31.2. The SMILES string of the molecule is CC[C@H]1C2/C=c3\[nH]c4c(c3C)C(=O)C(O)(C(=O)OC)C=4C3=N/C(=C\c4[nH]c(c(C(C)=O)c4C)/C=C(\N2)[C@@H]1C)[C@@H](C)[C@@H]3/C=C/C(=O)O. The molecule has 6 rings (SSSR count). The number of fused-ring (bicyclic) bond motifs is 7. The predicted octanol–water partition coefficient (Wildman–Crippen LogP) is 2.57. The van der Waals surface area contributed by atoms with Gasteiger partial charge in [-0.2, -0.15) is 0 Å². The molecule has 0 spiro atoms. The Morgan fingerprint density at radius 2 is 1.80 bits per heavy atom. The van der Waals surface area contributed by atoms with Crippen LogP contribution in [0.2, 0.25) is 0 Å². The summed E-state index contributed by atoms with van der Waals surface area (Å²) in [5.74, 6) is -4.12. The molecule has 240 valence electrons. The number of ether oxygens (including phenoxy) is 1. The number of aliphatic carboxylic acids is 1. The summed E-state index contributed by atoms with van der Waals surface area (Å²) in [5, 5.41) is 26.1. The van der Waals surface area contributed by atoms with Gasteiger partial charge in [0, 0.05) is 63.4 Å². The maximum absolute atomic E-state index is 14.1. The number of methoxy groups -OCH3 is 1. The molecule has 11 nitrogen and oxygen atoms in total. The van der Waals surface area contributed by atoms with Gasteiger partial charge in [-0.25, -0.2) is 9.59 Å². The summed E-state index contributed by atoms with van der Waals surface area (Å²) in [6.07, 6.45) is 9.12. The number of esters is 1. The number of hydrogen-bond acceptors (Lipinski definition) is 8. The number of Topliss-reactive ketones (excluding diaryl/α,β-unsaturated/α-hetero) is 2. The van der Waals surface area contributed by atoms with Crippen LogP contribution in [0.25, 0.3) is 23.8 Å². The minimum atomic E-state index is -2.70. The fraction of sp³-hybridized carbons (Fsp3) is 0.400. The first-order chi connectivity index (χ1) is 21.7. The van der Waals surface area contributed by atoms with Crippen molar-refractivity contribution in [2.24, 2.45) is 28.7 Å². The van der Waals surface area contributed by atoms with Crippen LogP contribution in [0.15, 0.2) is 28.5 Å². The second-order valence-corrected chi connectivity index (χ2v) is 12.7. The maximum Gasteiger partial charge on any atom is 0.351 e. The molecule has 2 aromatic heterocycles. The van der Waals surface area contributed by atoms with Gasteiger partial charge in [0.25, 0.3) is 5.60 Å². The zero-order valence-electron chi connectivity index (χ0n) is 26.9. The van der Waals surface area contributed by atoms with Crippen molar-refractivity contribution in [1.29, 1.82) is 0 Å². The van der Waals surface area contributed by atoms with Gasteiger partial charge in [-0.3, -0.25) is 14.6 Å². The highest BCUT2D eigenvalue weighted by Gasteiger charge is 2.58. The van der Waals surface area contributed by atoms with E-state index >= 15 is 0 Å². The number of aromatic amines is 2. The normalized spacial score (nSPS) is 31.1. The lowest BCUT2D eigenvalue weighted by Gasteiger charge is -2.25. The van der Waals surface area contributed by atoms with Crippen LogP contribution in [-0.4, -0.2) is 68.2 Å². The van der Waals surface area contributed by atoms with Crippen LogP contribution in [0.3, 0.4) is 0 Å². The molecule has 1 aliphatic carbocycles. The van der Waals surface area contributed by atoms with Crippen molar-refractivity contribution in [3.8, 4) is 0 Å². The van der Waals surface area contributed by atoms with Gasteiger partial charge in [-0.1, -0.05) is 33.3 Å². The molecule has 3 aliphatic heterocycles. The van der Waals surface area contributed by atoms with Gasteiger partial charge in [-0.05, 0) is 56.0 Å². The lowest BCUT2D eigenvalue weighted by Crippen LogP contribution is -2.49. The topological polar surface area (TPSA) is 174 Å². The fourth-order valence-corrected chi connectivity index (χ4v) is 7.69. The van der Waals surface area contributed by atoms with Crippen LogP contribution in [0.4, 0.5) is 0 Å². The quantitative estimate of drug-likeness (QED) is 0.146. The number of aliphatic hydroxyl groups is 1. The molecule has 2 unspecified atom stereocenters. The summed E-state index contributed by atoms with van der Waals surface area (Å²) in [6.45, 7) is 11.3. The lowest BCUT2D eigenvalue weighted by atomic mass is 9.81. The monoisotopic (exact) mass is 626 g/mol. The van der Waals surface area contributed by atoms with Crippen molar-refractivity contribution in [2.45, 2.75) is 59.6 Å². The molecule has 0 amide bonds. The third-order valence-electron chi connectivity index (χ3n) is 10.2. The average Bonchev–Trinajstić information content (AvgIpc) is 3.72. The van der Waals surface area contributed by atoms with Gasteiger partial charge in [-0.15, -0.1) is 0 Å². The molecule has 1 saturated heterocycles. The van der Waals surface area contributed by atoms with Crippen LogP contribution in [0.5, 0.6) is 0 Å². The van der Waals surface area contributed by atoms with E-state index in [1.165, 1.54) is 13.0 Å². The first-order valence-corrected chi connectivity index (χ1v) is 15.5. The summed E-state index contributed by atoms with van der Waals surface area (Å²) in [5.41, 5.74) is 2.22. The number of H-pyrrole nitrogens is 2. The van der Waals surface area contributed by atoms with Crippen molar-refractivity contribution in [3.63, 3.8) is 0 Å². The first-order valence-electron chi connectivity index (χ1n) is 15.5. The molecule has 8 bridgehead atoms. The highest BCUT2D eigenvalue weighted by Crippen LogP contribution is 2.42. The molecule has 1 fully saturated rings. The number of hydrogen-bond donors (Lipinski definition) is 5. The van der Waals surface area contributed by atoms with E-state index < -0.39 is 35.2 Å². The average molecular weight is 627 g/mol. The van der Waals surface area contributed by atoms with Crippen LogP contribution in [0, 0.1) is 37.5 Å². The van der Waals surface area contributed by atoms with Crippen LogP contribution in [0.1, 0.15) is 77.3 Å². The number of ketones is 2. The van der Waals surface area contributed by atoms with Gasteiger partial charge in [0.2, 0.25) is 5.78 Å². The standard InChI is InChI=1S/C35H38N4O7/c1-8-19-14(2)21-13-26-28(18(6)40)16(4)23(37-26)11-22-15(3)20(9-10-27(41)42)31(38-22)30-32-29(33(43)35(30,45)34(44)46-7)17(5)24(39-32)12-25(19)36-21/h9-15,19-20,25,36-37,39,45H,8H2,1-7H3,(H,41,42)/b10-9+,21-13-,22-11-,24-12-/t14-,15+,19-,20+,25?,35?/m1/s1. The summed E-state index contributed by atoms with van der Waals surface area (Å²) >= 11 is 0. The number of allylic oxidation sites excluding steroid dienone is 3. The molecule has 5 heterocycles. The van der Waals surface area contributed by atoms with E-state index in [1.807, 2.05) is 26.0 Å². The van der Waals surface area contributed by atoms with E-state index in [9.17, 15) is 29.4 Å². The van der Waals surface area contributed by atoms with E-state index in [1.54, 1.807) is 13.0 Å². The number of carbonyl (C=O) groups excluding carboxylic acids is 3. The molecular weight excluding hydrogens is 588 g/mol. The molecular formula is C35H38N4O7. The summed E-state index contributed by atoms with van der Waals surface area (Å²) < 4.78 is 4.97. The fourth-order valence-electron chi connectivity index (χ4n) is 7.69. The Labute approximate surface area is 265 Å². The maximum atomic E-state index is 14.1. The number of carboxylic acid groups (broad SMARTS) is 1. The number of nitrogens with one attached hydrogen (secondary N) is 3. The zero-order chi connectivity index (χ0) is 33.4. The van der Waals surface area contributed by atoms with E-state index in [4.69, 9.17) is 9.73 Å². The van der Waals surface area contributed by atoms with Crippen molar-refractivity contribution >= 4 is 53.0 Å². The molecule has 2 aromatic rings. The number of carbonyl (C=O) groups is 4. The summed E-state index contributed by atoms with van der Waals surface area (Å²) in [7, 11) is 1.09. The molecule has 0 radical (unpaired) electrons. The second-order valence-electron chi connectivity index (χ2n) is 12.7. The molecule has 0 saturated carbocycles. The number of nitrogens with zero attached hydrogens (tertiary/aromatic N) is 1. The van der Waals surface area contributed by atoms with Crippen LogP contribution < -0.4 is 16.0 Å². The Kier molecular flexibility index (Phi) is 7.43. The molecule has 46 heavy (non-hydrogen) atoms. The minimum absolute atomic E-state index is 0.0572. The Morgan fingerprint density at radius 3 is 2.43 bits per heavy atom. The third-order valence-corrected chi connectivity index (χ3v) is 10.2. The molecule has 4 aliphatic rings. The van der Waals surface area contributed by atoms with Crippen LogP contribution in [-0.2, 0) is 14.3 Å². The molecule has 6 atom stereocenters. The van der Waals surface area contributed by atoms with Gasteiger partial charge in [0.05, 0.1) is 29.4 Å². The molecule has 0 aromatic carbocycles. The Morgan fingerprint density at radius 1 is 1.09 bits per heavy atom. The summed E-state index contributed by atoms with van der Waals surface area (Å²) in [6, 6.07) is -0.132. The summed E-state index contributed by atoms with van der Waals surface area (Å²) in [4.78, 5) is 63.6. The number of aliphatic imine (C=N–C) groups is 1. The smallest absolute Gasteiger partial charge is 0.351 e. The predicted molar refractivity (Wildman–Crippen MR) is 172 cm³/mol. The highest BCUT2D eigenvalue weighted by molar-refractivity contribution is 6.40. The zero-order valence-corrected chi connectivity index (χ0v) is 26.9. The van der Waals surface area contributed by atoms with Gasteiger partial charge < -0.3 is 30.2 Å². The van der Waals surface area contributed by atoms with Crippen molar-refractivity contribution in [1.82, 2.24) is 15.3 Å². The Hall–Kier alpha value is -4.77. The van der Waals surface area contributed by atoms with E-state index in [2.05, 4.69) is 29.1 Å². The van der Waals surface area contributed by atoms with E-state index in [0.29, 0.717) is 33.6 Å². The second kappa shape index (κ2) is 10.9. The Bertz CT molecular complexity index is 1990. The van der Waals surface area contributed by atoms with Gasteiger partial charge >= 0.3 is 11.9 Å². The Balaban J connectivity index is 1.75. The van der Waals surface area contributed by atoms with Crippen LogP contribution >= 0.6 is 0 Å². The van der Waals surface area contributed by atoms with E-state index in [-0.39, 0.29) is 45.9 Å². The largest absolute Gasteiger partial charge is 0.478 e. The van der Waals surface area contributed by atoms with Gasteiger partial charge in [0.1, 0.15) is 0 Å². The highest BCUT2D eigenvalue weighted by atomic mass is 16.5. The third kappa shape index (κ3) is 4.39. The number of aromatic nitrogens is 2. The lowest BCUT2D eigenvalue weighted by molar-refractivity contribution is -0.152. The minimum Gasteiger partial charge on any atom is -0.478 e. The number of carboxylic acids is 1. The molecule has 11 heteroatoms.